The molecule has 2 aliphatic carbocycles. The Labute approximate surface area is 169 Å². The fourth-order valence-corrected chi connectivity index (χ4v) is 4.89. The van der Waals surface area contributed by atoms with E-state index in [9.17, 15) is 9.59 Å². The minimum atomic E-state index is -0.792. The highest BCUT2D eigenvalue weighted by atomic mass is 16.6. The standard InChI is InChI=1S/C22H38N2O4/c1-13(2)17-9-7-15(5)11-19(17)27-21(25)23-24-22(26)28-20-12-16(6)8-10-18(20)14(3)4/h13-20H,7-12H2,1-6H3/b24-23+/t15-,16+,17+,18-,19-,20?/m1/s1. The van der Waals surface area contributed by atoms with E-state index in [4.69, 9.17) is 9.47 Å². The van der Waals surface area contributed by atoms with Crippen molar-refractivity contribution in [2.24, 2.45) is 45.7 Å². The van der Waals surface area contributed by atoms with Gasteiger partial charge in [-0.2, -0.15) is 0 Å². The summed E-state index contributed by atoms with van der Waals surface area (Å²) in [6.45, 7) is 12.9. The van der Waals surface area contributed by atoms with Crippen LogP contribution >= 0.6 is 0 Å². The van der Waals surface area contributed by atoms with Crippen LogP contribution in [0.25, 0.3) is 0 Å². The molecule has 0 aromatic rings. The number of carbonyl (C=O) groups excluding carboxylic acids is 2. The van der Waals surface area contributed by atoms with Crippen molar-refractivity contribution in [3.8, 4) is 0 Å². The van der Waals surface area contributed by atoms with Gasteiger partial charge < -0.3 is 9.47 Å². The van der Waals surface area contributed by atoms with Crippen LogP contribution in [-0.2, 0) is 9.47 Å². The molecule has 6 nitrogen and oxygen atoms in total. The summed E-state index contributed by atoms with van der Waals surface area (Å²) >= 11 is 0. The molecule has 2 rings (SSSR count). The van der Waals surface area contributed by atoms with E-state index in [1.54, 1.807) is 0 Å². The summed E-state index contributed by atoms with van der Waals surface area (Å²) in [6, 6.07) is 0. The number of carbonyl (C=O) groups is 2. The summed E-state index contributed by atoms with van der Waals surface area (Å²) in [6.07, 6.45) is 4.18. The molecule has 2 fully saturated rings. The Balaban J connectivity index is 1.89. The largest absolute Gasteiger partial charge is 0.452 e. The summed E-state index contributed by atoms with van der Waals surface area (Å²) in [5.74, 6) is 2.59. The SMILES string of the molecule is CC(C)[C@H]1CC[C@H](C)CC1OC(=O)/N=N/C(=O)O[C@@H]1C[C@H](C)CC[C@H]1C(C)C. The van der Waals surface area contributed by atoms with Crippen LogP contribution < -0.4 is 0 Å². The van der Waals surface area contributed by atoms with Crippen LogP contribution in [0, 0.1) is 35.5 Å². The topological polar surface area (TPSA) is 77.3 Å². The first-order chi connectivity index (χ1) is 13.2. The first kappa shape index (κ1) is 22.8. The van der Waals surface area contributed by atoms with Crippen molar-refractivity contribution in [1.29, 1.82) is 0 Å². The molecule has 160 valence electrons. The van der Waals surface area contributed by atoms with Crippen LogP contribution in [-0.4, -0.2) is 24.4 Å². The van der Waals surface area contributed by atoms with Crippen LogP contribution in [0.3, 0.4) is 0 Å². The summed E-state index contributed by atoms with van der Waals surface area (Å²) in [7, 11) is 0. The monoisotopic (exact) mass is 394 g/mol. The van der Waals surface area contributed by atoms with Gasteiger partial charge in [0.25, 0.3) is 0 Å². The lowest BCUT2D eigenvalue weighted by molar-refractivity contribution is 0.00559. The van der Waals surface area contributed by atoms with Crippen LogP contribution in [0.5, 0.6) is 0 Å². The Hall–Kier alpha value is -1.46. The normalized spacial score (nSPS) is 34.0. The number of nitrogens with zero attached hydrogens (tertiary/aromatic N) is 2. The molecule has 0 spiro atoms. The lowest BCUT2D eigenvalue weighted by Crippen LogP contribution is -2.35. The van der Waals surface area contributed by atoms with Crippen LogP contribution in [0.15, 0.2) is 10.2 Å². The predicted molar refractivity (Wildman–Crippen MR) is 108 cm³/mol. The van der Waals surface area contributed by atoms with E-state index >= 15 is 0 Å². The summed E-state index contributed by atoms with van der Waals surface area (Å²) in [5.41, 5.74) is 0. The van der Waals surface area contributed by atoms with Crippen molar-refractivity contribution in [2.45, 2.75) is 92.3 Å². The lowest BCUT2D eigenvalue weighted by Gasteiger charge is -2.36. The van der Waals surface area contributed by atoms with E-state index in [1.807, 2.05) is 0 Å². The van der Waals surface area contributed by atoms with Crippen molar-refractivity contribution >= 4 is 12.2 Å². The number of azo groups is 1. The van der Waals surface area contributed by atoms with E-state index in [0.29, 0.717) is 35.5 Å². The van der Waals surface area contributed by atoms with Gasteiger partial charge in [0.2, 0.25) is 0 Å². The average Bonchev–Trinajstić information content (AvgIpc) is 2.59. The number of ether oxygens (including phenoxy) is 2. The Bertz CT molecular complexity index is 513. The molecule has 2 amide bonds. The summed E-state index contributed by atoms with van der Waals surface area (Å²) in [4.78, 5) is 24.2. The molecule has 2 saturated carbocycles. The Morgan fingerprint density at radius 3 is 1.39 bits per heavy atom. The highest BCUT2D eigenvalue weighted by Crippen LogP contribution is 2.36. The van der Waals surface area contributed by atoms with E-state index in [2.05, 4.69) is 51.8 Å². The Morgan fingerprint density at radius 2 is 1.07 bits per heavy atom. The molecule has 0 aliphatic heterocycles. The molecule has 6 atom stereocenters. The van der Waals surface area contributed by atoms with Gasteiger partial charge in [-0.3, -0.25) is 0 Å². The Morgan fingerprint density at radius 1 is 0.714 bits per heavy atom. The van der Waals surface area contributed by atoms with Gasteiger partial charge in [-0.05, 0) is 61.2 Å². The number of amides is 2. The van der Waals surface area contributed by atoms with Gasteiger partial charge >= 0.3 is 12.2 Å². The molecule has 0 heterocycles. The molecule has 0 radical (unpaired) electrons. The van der Waals surface area contributed by atoms with Crippen LogP contribution in [0.4, 0.5) is 9.59 Å². The average molecular weight is 395 g/mol. The third-order valence-corrected chi connectivity index (χ3v) is 6.64. The molecule has 28 heavy (non-hydrogen) atoms. The number of hydrogen-bond acceptors (Lipinski definition) is 4. The molecule has 0 aromatic heterocycles. The van der Waals surface area contributed by atoms with Gasteiger partial charge in [0.1, 0.15) is 12.2 Å². The number of rotatable bonds is 4. The van der Waals surface area contributed by atoms with E-state index in [0.717, 1.165) is 38.5 Å². The van der Waals surface area contributed by atoms with E-state index < -0.39 is 12.2 Å². The first-order valence-electron chi connectivity index (χ1n) is 11.0. The van der Waals surface area contributed by atoms with Crippen molar-refractivity contribution in [3.05, 3.63) is 0 Å². The van der Waals surface area contributed by atoms with Gasteiger partial charge in [0, 0.05) is 0 Å². The van der Waals surface area contributed by atoms with Crippen LogP contribution in [0.2, 0.25) is 0 Å². The maximum atomic E-state index is 12.1. The van der Waals surface area contributed by atoms with E-state index in [-0.39, 0.29) is 12.2 Å². The lowest BCUT2D eigenvalue weighted by atomic mass is 9.75. The first-order valence-corrected chi connectivity index (χ1v) is 11.0. The molecule has 0 aromatic carbocycles. The predicted octanol–water partition coefficient (Wildman–Crippen LogP) is 6.63. The Kier molecular flexibility index (Phi) is 8.44. The highest BCUT2D eigenvalue weighted by molar-refractivity contribution is 5.73. The molecule has 0 N–H and O–H groups in total. The van der Waals surface area contributed by atoms with Gasteiger partial charge in [-0.25, -0.2) is 9.59 Å². The molecule has 0 saturated heterocycles. The molecule has 6 heteroatoms. The molecule has 0 bridgehead atoms. The molecular weight excluding hydrogens is 356 g/mol. The second-order valence-corrected chi connectivity index (χ2v) is 9.70. The van der Waals surface area contributed by atoms with Crippen molar-refractivity contribution in [3.63, 3.8) is 0 Å². The quantitative estimate of drug-likeness (QED) is 0.501. The zero-order chi connectivity index (χ0) is 20.8. The zero-order valence-corrected chi connectivity index (χ0v) is 18.4. The van der Waals surface area contributed by atoms with Gasteiger partial charge in [-0.1, -0.05) is 64.6 Å². The summed E-state index contributed by atoms with van der Waals surface area (Å²) in [5, 5.41) is 6.96. The molecular formula is C22H38N2O4. The van der Waals surface area contributed by atoms with E-state index in [1.165, 1.54) is 0 Å². The van der Waals surface area contributed by atoms with Gasteiger partial charge in [0.05, 0.1) is 0 Å². The van der Waals surface area contributed by atoms with Crippen molar-refractivity contribution < 1.29 is 19.1 Å². The zero-order valence-electron chi connectivity index (χ0n) is 18.4. The van der Waals surface area contributed by atoms with Crippen molar-refractivity contribution in [1.82, 2.24) is 0 Å². The van der Waals surface area contributed by atoms with Crippen molar-refractivity contribution in [2.75, 3.05) is 0 Å². The fourth-order valence-electron chi connectivity index (χ4n) is 4.89. The highest BCUT2D eigenvalue weighted by Gasteiger charge is 2.35. The smallest absolute Gasteiger partial charge is 0.443 e. The van der Waals surface area contributed by atoms with Gasteiger partial charge in [-0.15, -0.1) is 0 Å². The summed E-state index contributed by atoms with van der Waals surface area (Å²) < 4.78 is 11.1. The number of hydrogen-bond donors (Lipinski definition) is 0. The second-order valence-electron chi connectivity index (χ2n) is 9.70. The molecule has 2 aliphatic rings. The second kappa shape index (κ2) is 10.4. The van der Waals surface area contributed by atoms with Gasteiger partial charge in [0.15, 0.2) is 0 Å². The maximum Gasteiger partial charge on any atom is 0.452 e. The maximum absolute atomic E-state index is 12.1. The third kappa shape index (κ3) is 6.56. The third-order valence-electron chi connectivity index (χ3n) is 6.64. The minimum absolute atomic E-state index is 0.157. The molecule has 1 unspecified atom stereocenters. The van der Waals surface area contributed by atoms with Crippen LogP contribution in [0.1, 0.15) is 80.1 Å². The minimum Gasteiger partial charge on any atom is -0.443 e. The fraction of sp³-hybridized carbons (Fsp3) is 0.909.